The Hall–Kier alpha value is -2.50. The van der Waals surface area contributed by atoms with Crippen molar-refractivity contribution in [3.05, 3.63) is 42.5 Å². The quantitative estimate of drug-likeness (QED) is 0.894. The molecule has 6 nitrogen and oxygen atoms in total. The van der Waals surface area contributed by atoms with E-state index in [1.807, 2.05) is 32.9 Å². The number of nitrogens with one attached hydrogen (secondary N) is 2. The van der Waals surface area contributed by atoms with Crippen molar-refractivity contribution in [2.24, 2.45) is 0 Å². The maximum Gasteiger partial charge on any atom is 0.253 e. The summed E-state index contributed by atoms with van der Waals surface area (Å²) in [5.41, 5.74) is 0.903. The number of carbonyl (C=O) groups is 1. The molecule has 0 saturated heterocycles. The number of aromatic nitrogens is 3. The Morgan fingerprint density at radius 1 is 1.10 bits per heavy atom. The summed E-state index contributed by atoms with van der Waals surface area (Å²) >= 11 is 0. The molecular weight excluding hydrogens is 254 g/mol. The summed E-state index contributed by atoms with van der Waals surface area (Å²) in [6.07, 6.45) is 2.79. The number of hydrogen-bond acceptors (Lipinski definition) is 5. The van der Waals surface area contributed by atoms with Crippen LogP contribution in [0.25, 0.3) is 0 Å². The second kappa shape index (κ2) is 5.64. The second-order valence-corrected chi connectivity index (χ2v) is 5.34. The van der Waals surface area contributed by atoms with Gasteiger partial charge in [0.1, 0.15) is 12.7 Å². The van der Waals surface area contributed by atoms with E-state index in [0.29, 0.717) is 17.2 Å². The number of anilines is 2. The van der Waals surface area contributed by atoms with Crippen molar-refractivity contribution in [1.29, 1.82) is 0 Å². The highest BCUT2D eigenvalue weighted by Gasteiger charge is 2.17. The van der Waals surface area contributed by atoms with E-state index in [0.717, 1.165) is 0 Å². The normalized spacial score (nSPS) is 10.9. The van der Waals surface area contributed by atoms with Crippen molar-refractivity contribution < 1.29 is 4.79 Å². The summed E-state index contributed by atoms with van der Waals surface area (Å²) in [6, 6.07) is 7.22. The molecule has 1 amide bonds. The lowest BCUT2D eigenvalue weighted by molar-refractivity contribution is 0.0920. The highest BCUT2D eigenvalue weighted by molar-refractivity contribution is 6.00. The van der Waals surface area contributed by atoms with Gasteiger partial charge in [-0.1, -0.05) is 12.1 Å². The number of para-hydroxylation sites is 1. The Morgan fingerprint density at radius 3 is 2.40 bits per heavy atom. The van der Waals surface area contributed by atoms with Gasteiger partial charge in [0, 0.05) is 5.54 Å². The van der Waals surface area contributed by atoms with Gasteiger partial charge in [-0.2, -0.15) is 0 Å². The molecule has 0 saturated carbocycles. The molecule has 0 aliphatic heterocycles. The van der Waals surface area contributed by atoms with Crippen LogP contribution in [0.5, 0.6) is 0 Å². The highest BCUT2D eigenvalue weighted by Crippen LogP contribution is 2.18. The minimum Gasteiger partial charge on any atom is -0.347 e. The number of hydrogen-bond donors (Lipinski definition) is 2. The largest absolute Gasteiger partial charge is 0.347 e. The Balaban J connectivity index is 2.25. The molecule has 20 heavy (non-hydrogen) atoms. The maximum atomic E-state index is 12.3. The van der Waals surface area contributed by atoms with Crippen LogP contribution in [0.15, 0.2) is 36.9 Å². The van der Waals surface area contributed by atoms with Gasteiger partial charge in [-0.15, -0.1) is 0 Å². The van der Waals surface area contributed by atoms with Gasteiger partial charge in [0.05, 0.1) is 11.3 Å². The lowest BCUT2D eigenvalue weighted by Crippen LogP contribution is -2.40. The minimum absolute atomic E-state index is 0.144. The van der Waals surface area contributed by atoms with E-state index in [1.165, 1.54) is 12.7 Å². The van der Waals surface area contributed by atoms with Gasteiger partial charge in [-0.05, 0) is 32.9 Å². The summed E-state index contributed by atoms with van der Waals surface area (Å²) in [7, 11) is 0. The third-order valence-electron chi connectivity index (χ3n) is 2.40. The topological polar surface area (TPSA) is 79.8 Å². The SMILES string of the molecule is CC(C)(C)NC(=O)c1ccccc1Nc1ncncn1. The van der Waals surface area contributed by atoms with Gasteiger partial charge < -0.3 is 10.6 Å². The van der Waals surface area contributed by atoms with Crippen molar-refractivity contribution in [3.63, 3.8) is 0 Å². The smallest absolute Gasteiger partial charge is 0.253 e. The standard InChI is InChI=1S/C14H17N5O/c1-14(2,3)19-12(20)10-6-4-5-7-11(10)18-13-16-8-15-9-17-13/h4-9H,1-3H3,(H,19,20)(H,15,16,17,18). The molecule has 0 atom stereocenters. The summed E-state index contributed by atoms with van der Waals surface area (Å²) in [5.74, 6) is 0.255. The van der Waals surface area contributed by atoms with Crippen LogP contribution < -0.4 is 10.6 Å². The molecule has 0 aliphatic carbocycles. The third kappa shape index (κ3) is 3.74. The molecule has 1 heterocycles. The Kier molecular flexibility index (Phi) is 3.93. The van der Waals surface area contributed by atoms with Crippen LogP contribution in [0.4, 0.5) is 11.6 Å². The van der Waals surface area contributed by atoms with Gasteiger partial charge >= 0.3 is 0 Å². The summed E-state index contributed by atoms with van der Waals surface area (Å²) in [6.45, 7) is 5.81. The predicted molar refractivity (Wildman–Crippen MR) is 76.8 cm³/mol. The van der Waals surface area contributed by atoms with Crippen LogP contribution >= 0.6 is 0 Å². The number of benzene rings is 1. The summed E-state index contributed by atoms with van der Waals surface area (Å²) in [5, 5.41) is 5.95. The van der Waals surface area contributed by atoms with Crippen LogP contribution in [0.2, 0.25) is 0 Å². The molecule has 2 N–H and O–H groups in total. The van der Waals surface area contributed by atoms with E-state index < -0.39 is 0 Å². The molecule has 0 bridgehead atoms. The average molecular weight is 271 g/mol. The van der Waals surface area contributed by atoms with Crippen LogP contribution in [0.3, 0.4) is 0 Å². The molecule has 0 unspecified atom stereocenters. The first-order chi connectivity index (χ1) is 9.46. The van der Waals surface area contributed by atoms with Gasteiger partial charge in [-0.3, -0.25) is 4.79 Å². The molecule has 2 rings (SSSR count). The molecule has 6 heteroatoms. The minimum atomic E-state index is -0.294. The fraction of sp³-hybridized carbons (Fsp3) is 0.286. The molecule has 0 radical (unpaired) electrons. The maximum absolute atomic E-state index is 12.3. The number of carbonyl (C=O) groups excluding carboxylic acids is 1. The van der Waals surface area contributed by atoms with E-state index in [-0.39, 0.29) is 11.4 Å². The molecule has 0 aliphatic rings. The Bertz CT molecular complexity index is 592. The van der Waals surface area contributed by atoms with Crippen molar-refractivity contribution in [3.8, 4) is 0 Å². The second-order valence-electron chi connectivity index (χ2n) is 5.34. The van der Waals surface area contributed by atoms with Crippen molar-refractivity contribution >= 4 is 17.5 Å². The fourth-order valence-electron chi connectivity index (χ4n) is 1.62. The van der Waals surface area contributed by atoms with Crippen LogP contribution in [-0.2, 0) is 0 Å². The Morgan fingerprint density at radius 2 is 1.75 bits per heavy atom. The van der Waals surface area contributed by atoms with E-state index >= 15 is 0 Å². The van der Waals surface area contributed by atoms with E-state index in [4.69, 9.17) is 0 Å². The molecule has 0 fully saturated rings. The molecule has 0 spiro atoms. The zero-order valence-electron chi connectivity index (χ0n) is 11.7. The van der Waals surface area contributed by atoms with Gasteiger partial charge in [0.2, 0.25) is 5.95 Å². The lowest BCUT2D eigenvalue weighted by atomic mass is 10.1. The first-order valence-electron chi connectivity index (χ1n) is 6.26. The molecule has 104 valence electrons. The zero-order chi connectivity index (χ0) is 14.6. The zero-order valence-corrected chi connectivity index (χ0v) is 11.7. The fourth-order valence-corrected chi connectivity index (χ4v) is 1.62. The van der Waals surface area contributed by atoms with Crippen LogP contribution in [0.1, 0.15) is 31.1 Å². The lowest BCUT2D eigenvalue weighted by Gasteiger charge is -2.21. The van der Waals surface area contributed by atoms with Crippen molar-refractivity contribution in [2.45, 2.75) is 26.3 Å². The first kappa shape index (κ1) is 13.9. The van der Waals surface area contributed by atoms with Crippen LogP contribution in [-0.4, -0.2) is 26.4 Å². The first-order valence-corrected chi connectivity index (χ1v) is 6.26. The molecule has 1 aromatic carbocycles. The highest BCUT2D eigenvalue weighted by atomic mass is 16.1. The summed E-state index contributed by atoms with van der Waals surface area (Å²) in [4.78, 5) is 24.0. The molecule has 1 aromatic heterocycles. The van der Waals surface area contributed by atoms with E-state index in [2.05, 4.69) is 25.6 Å². The van der Waals surface area contributed by atoms with E-state index in [9.17, 15) is 4.79 Å². The number of nitrogens with zero attached hydrogens (tertiary/aromatic N) is 3. The van der Waals surface area contributed by atoms with Gasteiger partial charge in [-0.25, -0.2) is 15.0 Å². The molecule has 2 aromatic rings. The van der Waals surface area contributed by atoms with Crippen molar-refractivity contribution in [1.82, 2.24) is 20.3 Å². The third-order valence-corrected chi connectivity index (χ3v) is 2.40. The van der Waals surface area contributed by atoms with Gasteiger partial charge in [0.25, 0.3) is 5.91 Å². The monoisotopic (exact) mass is 271 g/mol. The van der Waals surface area contributed by atoms with Crippen LogP contribution in [0, 0.1) is 0 Å². The van der Waals surface area contributed by atoms with E-state index in [1.54, 1.807) is 12.1 Å². The Labute approximate surface area is 117 Å². The summed E-state index contributed by atoms with van der Waals surface area (Å²) < 4.78 is 0. The molecular formula is C14H17N5O. The predicted octanol–water partition coefficient (Wildman–Crippen LogP) is 2.14. The van der Waals surface area contributed by atoms with Gasteiger partial charge in [0.15, 0.2) is 0 Å². The van der Waals surface area contributed by atoms with Crippen molar-refractivity contribution in [2.75, 3.05) is 5.32 Å². The number of rotatable bonds is 3. The number of amides is 1. The average Bonchev–Trinajstić information content (AvgIpc) is 2.38.